The van der Waals surface area contributed by atoms with Gasteiger partial charge in [0.1, 0.15) is 6.23 Å². The highest BCUT2D eigenvalue weighted by molar-refractivity contribution is 5.91. The minimum atomic E-state index is -0.708. The SMILES string of the molecule is CC(C)(C)C[C@H]1O[C@@H](n2ccc(OC(=O)Nc3ccc4ccccc4c3)nc2=O)CC1C(C)(C)C. The zero-order chi connectivity index (χ0) is 25.4. The molecule has 3 aromatic rings. The number of carbonyl (C=O) groups is 1. The number of carbonyl (C=O) groups excluding carboxylic acids is 1. The van der Waals surface area contributed by atoms with Crippen molar-refractivity contribution in [1.29, 1.82) is 0 Å². The Kier molecular flexibility index (Phi) is 6.73. The zero-order valence-corrected chi connectivity index (χ0v) is 21.4. The van der Waals surface area contributed by atoms with E-state index < -0.39 is 18.0 Å². The minimum Gasteiger partial charge on any atom is -0.391 e. The predicted octanol–water partition coefficient (Wildman–Crippen LogP) is 6.39. The van der Waals surface area contributed by atoms with Crippen LogP contribution in [-0.4, -0.2) is 21.7 Å². The maximum Gasteiger partial charge on any atom is 0.418 e. The van der Waals surface area contributed by atoms with Crippen LogP contribution in [0.2, 0.25) is 0 Å². The van der Waals surface area contributed by atoms with Crippen LogP contribution in [0.15, 0.2) is 59.5 Å². The van der Waals surface area contributed by atoms with Crippen molar-refractivity contribution in [3.05, 3.63) is 65.2 Å². The van der Waals surface area contributed by atoms with Crippen LogP contribution < -0.4 is 15.7 Å². The van der Waals surface area contributed by atoms with Crippen LogP contribution in [-0.2, 0) is 4.74 Å². The number of aromatic nitrogens is 2. The molecule has 0 spiro atoms. The Morgan fingerprint density at radius 1 is 1.09 bits per heavy atom. The molecule has 0 aliphatic carbocycles. The zero-order valence-electron chi connectivity index (χ0n) is 21.4. The van der Waals surface area contributed by atoms with Gasteiger partial charge in [0.05, 0.1) is 6.10 Å². The van der Waals surface area contributed by atoms with Crippen molar-refractivity contribution in [3.63, 3.8) is 0 Å². The molecular weight excluding hydrogens is 442 g/mol. The summed E-state index contributed by atoms with van der Waals surface area (Å²) in [6.45, 7) is 13.2. The Labute approximate surface area is 206 Å². The highest BCUT2D eigenvalue weighted by atomic mass is 16.6. The van der Waals surface area contributed by atoms with Gasteiger partial charge >= 0.3 is 11.8 Å². The Morgan fingerprint density at radius 2 is 1.80 bits per heavy atom. The average molecular weight is 478 g/mol. The number of nitrogens with one attached hydrogen (secondary N) is 1. The van der Waals surface area contributed by atoms with Crippen LogP contribution in [0.5, 0.6) is 5.88 Å². The van der Waals surface area contributed by atoms with E-state index >= 15 is 0 Å². The summed E-state index contributed by atoms with van der Waals surface area (Å²) in [6.07, 6.45) is 2.18. The van der Waals surface area contributed by atoms with Gasteiger partial charge in [-0.2, -0.15) is 4.98 Å². The monoisotopic (exact) mass is 477 g/mol. The van der Waals surface area contributed by atoms with Crippen LogP contribution in [0.1, 0.15) is 60.6 Å². The van der Waals surface area contributed by atoms with Gasteiger partial charge < -0.3 is 9.47 Å². The van der Waals surface area contributed by atoms with Gasteiger partial charge in [-0.05, 0) is 52.5 Å². The summed E-state index contributed by atoms with van der Waals surface area (Å²) < 4.78 is 13.2. The average Bonchev–Trinajstić information content (AvgIpc) is 3.16. The number of ether oxygens (including phenoxy) is 2. The molecule has 1 unspecified atom stereocenters. The van der Waals surface area contributed by atoms with Crippen LogP contribution >= 0.6 is 0 Å². The molecule has 1 aliphatic heterocycles. The number of anilines is 1. The van der Waals surface area contributed by atoms with Crippen molar-refractivity contribution >= 4 is 22.6 Å². The summed E-state index contributed by atoms with van der Waals surface area (Å²) in [5.74, 6) is 0.253. The number of hydrogen-bond acceptors (Lipinski definition) is 5. The molecular formula is C28H35N3O4. The van der Waals surface area contributed by atoms with Gasteiger partial charge in [0.2, 0.25) is 5.88 Å². The molecule has 1 N–H and O–H groups in total. The van der Waals surface area contributed by atoms with E-state index in [-0.39, 0.29) is 22.8 Å². The molecule has 1 amide bonds. The van der Waals surface area contributed by atoms with Crippen molar-refractivity contribution in [1.82, 2.24) is 9.55 Å². The molecule has 35 heavy (non-hydrogen) atoms. The topological polar surface area (TPSA) is 82.4 Å². The Morgan fingerprint density at radius 3 is 2.46 bits per heavy atom. The Balaban J connectivity index is 1.45. The Bertz CT molecular complexity index is 1270. The van der Waals surface area contributed by atoms with Crippen molar-refractivity contribution in [3.8, 4) is 5.88 Å². The lowest BCUT2D eigenvalue weighted by atomic mass is 9.73. The lowest BCUT2D eigenvalue weighted by Crippen LogP contribution is -2.31. The first-order valence-electron chi connectivity index (χ1n) is 12.1. The fraction of sp³-hybridized carbons (Fsp3) is 0.464. The van der Waals surface area contributed by atoms with Gasteiger partial charge in [-0.25, -0.2) is 9.59 Å². The van der Waals surface area contributed by atoms with Gasteiger partial charge in [-0.3, -0.25) is 9.88 Å². The van der Waals surface area contributed by atoms with Crippen LogP contribution in [0.3, 0.4) is 0 Å². The van der Waals surface area contributed by atoms with E-state index in [1.165, 1.54) is 10.6 Å². The third-order valence-electron chi connectivity index (χ3n) is 6.47. The molecule has 0 bridgehead atoms. The first kappa shape index (κ1) is 24.9. The first-order chi connectivity index (χ1) is 16.4. The molecule has 3 atom stereocenters. The largest absolute Gasteiger partial charge is 0.418 e. The van der Waals surface area contributed by atoms with Crippen molar-refractivity contribution in [2.45, 2.75) is 66.7 Å². The second-order valence-electron chi connectivity index (χ2n) is 11.6. The summed E-state index contributed by atoms with van der Waals surface area (Å²) in [6, 6.07) is 15.0. The van der Waals surface area contributed by atoms with Gasteiger partial charge in [0.25, 0.3) is 0 Å². The number of rotatable bonds is 4. The quantitative estimate of drug-likeness (QED) is 0.471. The number of amides is 1. The van der Waals surface area contributed by atoms with E-state index in [2.05, 4.69) is 51.8 Å². The maximum absolute atomic E-state index is 12.8. The second kappa shape index (κ2) is 9.46. The summed E-state index contributed by atoms with van der Waals surface area (Å²) in [4.78, 5) is 29.2. The number of nitrogens with zero attached hydrogens (tertiary/aromatic N) is 2. The minimum absolute atomic E-state index is 0.0472. The molecule has 7 nitrogen and oxygen atoms in total. The summed E-state index contributed by atoms with van der Waals surface area (Å²) >= 11 is 0. The number of fused-ring (bicyclic) bond motifs is 1. The van der Waals surface area contributed by atoms with E-state index in [0.29, 0.717) is 11.6 Å². The Hall–Kier alpha value is -3.19. The van der Waals surface area contributed by atoms with E-state index in [0.717, 1.165) is 23.6 Å². The lowest BCUT2D eigenvalue weighted by Gasteiger charge is -2.33. The van der Waals surface area contributed by atoms with Crippen LogP contribution in [0.25, 0.3) is 10.8 Å². The molecule has 1 aliphatic rings. The summed E-state index contributed by atoms with van der Waals surface area (Å²) in [5, 5.41) is 4.76. The number of hydrogen-bond donors (Lipinski definition) is 1. The van der Waals surface area contributed by atoms with Crippen molar-refractivity contribution < 1.29 is 14.3 Å². The summed E-state index contributed by atoms with van der Waals surface area (Å²) in [7, 11) is 0. The molecule has 1 saturated heterocycles. The van der Waals surface area contributed by atoms with Crippen LogP contribution in [0, 0.1) is 16.7 Å². The van der Waals surface area contributed by atoms with Crippen molar-refractivity contribution in [2.24, 2.45) is 16.7 Å². The number of benzene rings is 2. The molecule has 1 aromatic heterocycles. The van der Waals surface area contributed by atoms with Crippen LogP contribution in [0.4, 0.5) is 10.5 Å². The van der Waals surface area contributed by atoms with Gasteiger partial charge in [-0.15, -0.1) is 0 Å². The lowest BCUT2D eigenvalue weighted by molar-refractivity contribution is -0.0341. The fourth-order valence-electron chi connectivity index (χ4n) is 4.78. The van der Waals surface area contributed by atoms with E-state index in [4.69, 9.17) is 9.47 Å². The van der Waals surface area contributed by atoms with Gasteiger partial charge in [0, 0.05) is 18.0 Å². The standard InChI is InChI=1S/C28H35N3O4/c1-27(2,3)17-22-21(28(4,5)6)16-24(34-22)31-14-13-23(30-25(31)32)35-26(33)29-20-12-11-18-9-7-8-10-19(18)15-20/h7-15,21-22,24H,16-17H2,1-6H3,(H,29,33)/t21?,22-,24-/m1/s1. The predicted molar refractivity (Wildman–Crippen MR) is 138 cm³/mol. The van der Waals surface area contributed by atoms with Gasteiger partial charge in [-0.1, -0.05) is 71.9 Å². The molecule has 2 aromatic carbocycles. The second-order valence-corrected chi connectivity index (χ2v) is 11.6. The molecule has 0 radical (unpaired) electrons. The molecule has 4 rings (SSSR count). The smallest absolute Gasteiger partial charge is 0.391 e. The third-order valence-corrected chi connectivity index (χ3v) is 6.47. The van der Waals surface area contributed by atoms with E-state index in [1.807, 2.05) is 36.4 Å². The van der Waals surface area contributed by atoms with E-state index in [1.54, 1.807) is 12.3 Å². The normalized spacial score (nSPS) is 20.7. The van der Waals surface area contributed by atoms with Gasteiger partial charge in [0.15, 0.2) is 0 Å². The molecule has 2 heterocycles. The maximum atomic E-state index is 12.8. The third kappa shape index (κ3) is 6.09. The van der Waals surface area contributed by atoms with E-state index in [9.17, 15) is 9.59 Å². The highest BCUT2D eigenvalue weighted by Crippen LogP contribution is 2.46. The fourth-order valence-corrected chi connectivity index (χ4v) is 4.78. The highest BCUT2D eigenvalue weighted by Gasteiger charge is 2.44. The molecule has 7 heteroatoms. The molecule has 1 fully saturated rings. The molecule has 0 saturated carbocycles. The van der Waals surface area contributed by atoms with Crippen molar-refractivity contribution in [2.75, 3.05) is 5.32 Å². The molecule has 186 valence electrons. The first-order valence-corrected chi connectivity index (χ1v) is 12.1. The summed E-state index contributed by atoms with van der Waals surface area (Å²) in [5.41, 5.74) is 0.253.